The zero-order chi connectivity index (χ0) is 25.6. The van der Waals surface area contributed by atoms with Crippen LogP contribution in [0.15, 0.2) is 48.8 Å². The lowest BCUT2D eigenvalue weighted by molar-refractivity contribution is -0.260. The van der Waals surface area contributed by atoms with Crippen LogP contribution in [0.2, 0.25) is 0 Å². The maximum atomic E-state index is 13.9. The molecule has 1 heterocycles. The molecule has 1 aliphatic heterocycles. The van der Waals surface area contributed by atoms with Crippen molar-refractivity contribution in [2.75, 3.05) is 20.8 Å². The van der Waals surface area contributed by atoms with Crippen LogP contribution in [0.25, 0.3) is 5.57 Å². The van der Waals surface area contributed by atoms with Crippen molar-refractivity contribution in [2.24, 2.45) is 0 Å². The highest BCUT2D eigenvalue weighted by Crippen LogP contribution is 2.35. The molecule has 1 aliphatic rings. The molecule has 10 heteroatoms. The van der Waals surface area contributed by atoms with Gasteiger partial charge in [-0.1, -0.05) is 36.9 Å². The SMILES string of the molecule is C=C/C=C(\C=C(\F)CC(F)(F)F)c1ccc([C@@H](O)[C@H]2OC(CO)[C@@H](OC)C(OC)C2O)c(C)c1. The van der Waals surface area contributed by atoms with Crippen molar-refractivity contribution in [1.29, 1.82) is 0 Å². The number of hydrogen-bond acceptors (Lipinski definition) is 6. The van der Waals surface area contributed by atoms with Crippen LogP contribution < -0.4 is 0 Å². The summed E-state index contributed by atoms with van der Waals surface area (Å²) in [6.07, 6.45) is -9.18. The molecule has 2 rings (SSSR count). The first kappa shape index (κ1) is 28.2. The maximum Gasteiger partial charge on any atom is 0.395 e. The molecule has 0 bridgehead atoms. The third-order valence-electron chi connectivity index (χ3n) is 5.63. The maximum absolute atomic E-state index is 13.9. The molecule has 0 radical (unpaired) electrons. The molecule has 1 saturated heterocycles. The van der Waals surface area contributed by atoms with Crippen LogP contribution in [-0.2, 0) is 14.2 Å². The fourth-order valence-electron chi connectivity index (χ4n) is 4.05. The lowest BCUT2D eigenvalue weighted by Gasteiger charge is -2.44. The van der Waals surface area contributed by atoms with E-state index in [-0.39, 0.29) is 5.57 Å². The highest BCUT2D eigenvalue weighted by Gasteiger charge is 2.48. The summed E-state index contributed by atoms with van der Waals surface area (Å²) < 4.78 is 67.7. The summed E-state index contributed by atoms with van der Waals surface area (Å²) in [7, 11) is 2.75. The Bertz CT molecular complexity index is 898. The van der Waals surface area contributed by atoms with Gasteiger partial charge in [0.05, 0.1) is 13.0 Å². The van der Waals surface area contributed by atoms with Gasteiger partial charge in [-0.2, -0.15) is 13.2 Å². The number of rotatable bonds is 9. The van der Waals surface area contributed by atoms with Crippen molar-refractivity contribution in [3.8, 4) is 0 Å². The molecule has 1 aromatic carbocycles. The predicted octanol–water partition coefficient (Wildman–Crippen LogP) is 3.55. The van der Waals surface area contributed by atoms with Crippen LogP contribution in [0.4, 0.5) is 17.6 Å². The van der Waals surface area contributed by atoms with E-state index in [0.717, 1.165) is 6.08 Å². The standard InChI is InChI=1S/C24H30F4O6/c1-5-6-14(10-16(25)11-24(26,27)28)15-7-8-17(13(2)9-15)19(30)22-20(31)23(33-4)21(32-3)18(12-29)34-22/h5-10,18-23,29-31H,1,11-12H2,2-4H3/b14-6+,16-10+/t18?,19-,20?,21-,22-,23?/m1/s1. The van der Waals surface area contributed by atoms with Gasteiger partial charge in [0.25, 0.3) is 0 Å². The van der Waals surface area contributed by atoms with Crippen LogP contribution >= 0.6 is 0 Å². The first-order valence-electron chi connectivity index (χ1n) is 10.5. The minimum Gasteiger partial charge on any atom is -0.394 e. The van der Waals surface area contributed by atoms with Gasteiger partial charge in [0.15, 0.2) is 0 Å². The summed E-state index contributed by atoms with van der Waals surface area (Å²) in [5.74, 6) is -1.35. The topological polar surface area (TPSA) is 88.4 Å². The van der Waals surface area contributed by atoms with Gasteiger partial charge >= 0.3 is 6.18 Å². The van der Waals surface area contributed by atoms with Crippen LogP contribution in [0.3, 0.4) is 0 Å². The van der Waals surface area contributed by atoms with E-state index >= 15 is 0 Å². The molecule has 0 saturated carbocycles. The van der Waals surface area contributed by atoms with Gasteiger partial charge in [-0.05, 0) is 35.3 Å². The monoisotopic (exact) mass is 490 g/mol. The van der Waals surface area contributed by atoms with Gasteiger partial charge in [0.1, 0.15) is 42.5 Å². The molecule has 6 nitrogen and oxygen atoms in total. The number of aliphatic hydroxyl groups is 3. The Morgan fingerprint density at radius 3 is 2.38 bits per heavy atom. The summed E-state index contributed by atoms with van der Waals surface area (Å²) in [4.78, 5) is 0. The van der Waals surface area contributed by atoms with E-state index in [9.17, 15) is 32.9 Å². The molecule has 6 atom stereocenters. The van der Waals surface area contributed by atoms with Gasteiger partial charge in [-0.15, -0.1) is 0 Å². The number of alkyl halides is 3. The van der Waals surface area contributed by atoms with Crippen molar-refractivity contribution < 1.29 is 47.1 Å². The Balaban J connectivity index is 2.35. The van der Waals surface area contributed by atoms with Gasteiger partial charge in [0.2, 0.25) is 0 Å². The lowest BCUT2D eigenvalue weighted by atomic mass is 9.87. The minimum atomic E-state index is -4.68. The Labute approximate surface area is 195 Å². The highest BCUT2D eigenvalue weighted by atomic mass is 19.4. The van der Waals surface area contributed by atoms with Crippen molar-refractivity contribution in [3.63, 3.8) is 0 Å². The molecular formula is C24H30F4O6. The first-order valence-corrected chi connectivity index (χ1v) is 10.5. The second-order valence-corrected chi connectivity index (χ2v) is 7.97. The van der Waals surface area contributed by atoms with Crippen LogP contribution in [0.1, 0.15) is 29.2 Å². The quantitative estimate of drug-likeness (QED) is 0.363. The number of hydrogen-bond donors (Lipinski definition) is 3. The van der Waals surface area contributed by atoms with E-state index in [1.165, 1.54) is 38.5 Å². The molecule has 0 aromatic heterocycles. The number of aryl methyl sites for hydroxylation is 1. The third-order valence-corrected chi connectivity index (χ3v) is 5.63. The average Bonchev–Trinajstić information content (AvgIpc) is 2.76. The van der Waals surface area contributed by atoms with E-state index in [0.29, 0.717) is 16.7 Å². The number of methoxy groups -OCH3 is 2. The molecule has 0 amide bonds. The fraction of sp³-hybridized carbons (Fsp3) is 0.500. The van der Waals surface area contributed by atoms with E-state index < -0.39 is 61.7 Å². The zero-order valence-electron chi connectivity index (χ0n) is 19.1. The summed E-state index contributed by atoms with van der Waals surface area (Å²) in [6.45, 7) is 4.73. The Kier molecular flexibility index (Phi) is 9.98. The number of aliphatic hydroxyl groups excluding tert-OH is 3. The van der Waals surface area contributed by atoms with Gasteiger partial charge in [-0.3, -0.25) is 0 Å². The van der Waals surface area contributed by atoms with E-state index in [1.54, 1.807) is 13.0 Å². The lowest BCUT2D eigenvalue weighted by Crippen LogP contribution is -2.61. The van der Waals surface area contributed by atoms with Crippen molar-refractivity contribution >= 4 is 5.57 Å². The van der Waals surface area contributed by atoms with Gasteiger partial charge in [-0.25, -0.2) is 4.39 Å². The second-order valence-electron chi connectivity index (χ2n) is 7.97. The van der Waals surface area contributed by atoms with Crippen molar-refractivity contribution in [3.05, 3.63) is 65.5 Å². The minimum absolute atomic E-state index is 0.164. The zero-order valence-corrected chi connectivity index (χ0v) is 19.1. The van der Waals surface area contributed by atoms with Crippen LogP contribution in [0, 0.1) is 6.92 Å². The number of ether oxygens (including phenoxy) is 3. The molecule has 1 fully saturated rings. The Morgan fingerprint density at radius 1 is 1.24 bits per heavy atom. The Morgan fingerprint density at radius 2 is 1.88 bits per heavy atom. The van der Waals surface area contributed by atoms with E-state index in [4.69, 9.17) is 14.2 Å². The molecule has 190 valence electrons. The smallest absolute Gasteiger partial charge is 0.394 e. The molecule has 0 aliphatic carbocycles. The Hall–Kier alpha value is -2.08. The number of benzene rings is 1. The summed E-state index contributed by atoms with van der Waals surface area (Å²) in [6, 6.07) is 4.58. The van der Waals surface area contributed by atoms with Gasteiger partial charge in [0, 0.05) is 14.2 Å². The predicted molar refractivity (Wildman–Crippen MR) is 118 cm³/mol. The molecular weight excluding hydrogens is 460 g/mol. The second kappa shape index (κ2) is 12.1. The van der Waals surface area contributed by atoms with Crippen molar-refractivity contribution in [1.82, 2.24) is 0 Å². The fourth-order valence-corrected chi connectivity index (χ4v) is 4.05. The molecule has 3 N–H and O–H groups in total. The van der Waals surface area contributed by atoms with E-state index in [1.807, 2.05) is 0 Å². The van der Waals surface area contributed by atoms with E-state index in [2.05, 4.69) is 6.58 Å². The number of allylic oxidation sites excluding steroid dienone is 5. The van der Waals surface area contributed by atoms with Gasteiger partial charge < -0.3 is 29.5 Å². The molecule has 34 heavy (non-hydrogen) atoms. The molecule has 0 spiro atoms. The summed E-state index contributed by atoms with van der Waals surface area (Å²) >= 11 is 0. The molecule has 1 aromatic rings. The average molecular weight is 490 g/mol. The normalized spacial score (nSPS) is 27.5. The molecule has 3 unspecified atom stereocenters. The highest BCUT2D eigenvalue weighted by molar-refractivity contribution is 5.76. The van der Waals surface area contributed by atoms with Crippen molar-refractivity contribution in [2.45, 2.75) is 56.1 Å². The largest absolute Gasteiger partial charge is 0.395 e. The third kappa shape index (κ3) is 6.74. The first-order chi connectivity index (χ1) is 16.0. The van der Waals surface area contributed by atoms with Crippen LogP contribution in [-0.4, -0.2) is 72.8 Å². The summed E-state index contributed by atoms with van der Waals surface area (Å²) in [5.41, 5.74) is 1.45. The van der Waals surface area contributed by atoms with Crippen LogP contribution in [0.5, 0.6) is 0 Å². The number of halogens is 4. The summed E-state index contributed by atoms with van der Waals surface area (Å²) in [5, 5.41) is 31.4.